The van der Waals surface area contributed by atoms with Crippen LogP contribution in [0.2, 0.25) is 0 Å². The molecular weight excluding hydrogens is 681 g/mol. The smallest absolute Gasteiger partial charge is 0.224 e. The van der Waals surface area contributed by atoms with Gasteiger partial charge in [-0.15, -0.1) is 0 Å². The van der Waals surface area contributed by atoms with E-state index in [1.165, 1.54) is 0 Å². The maximum Gasteiger partial charge on any atom is 0.224 e. The molecule has 10 heteroatoms. The Morgan fingerprint density at radius 2 is 1.59 bits per heavy atom. The van der Waals surface area contributed by atoms with Crippen molar-refractivity contribution in [2.75, 3.05) is 37.9 Å². The summed E-state index contributed by atoms with van der Waals surface area (Å²) in [4.78, 5) is 27.5. The molecule has 2 saturated heterocycles. The number of nitrogens with two attached hydrogens (primary N) is 1. The van der Waals surface area contributed by atoms with E-state index in [1.807, 2.05) is 54.6 Å². The van der Waals surface area contributed by atoms with Gasteiger partial charge in [0.25, 0.3) is 0 Å². The van der Waals surface area contributed by atoms with Gasteiger partial charge in [0.15, 0.2) is 6.29 Å². The lowest BCUT2D eigenvalue weighted by molar-refractivity contribution is -0.253. The predicted molar refractivity (Wildman–Crippen MR) is 211 cm³/mol. The fraction of sp³-hybridized carbons (Fsp3) is 0.409. The molecule has 286 valence electrons. The third kappa shape index (κ3) is 10.8. The van der Waals surface area contributed by atoms with Gasteiger partial charge >= 0.3 is 0 Å². The number of hydrogen-bond acceptors (Lipinski definition) is 8. The van der Waals surface area contributed by atoms with E-state index in [1.54, 1.807) is 19.2 Å². The van der Waals surface area contributed by atoms with E-state index in [0.717, 1.165) is 78.8 Å². The molecule has 0 bridgehead atoms. The van der Waals surface area contributed by atoms with Crippen LogP contribution in [0.1, 0.15) is 86.0 Å². The van der Waals surface area contributed by atoms with Gasteiger partial charge in [-0.3, -0.25) is 14.5 Å². The summed E-state index contributed by atoms with van der Waals surface area (Å²) in [6.07, 6.45) is 5.32. The number of amides is 2. The molecule has 0 saturated carbocycles. The predicted octanol–water partition coefficient (Wildman–Crippen LogP) is 7.29. The third-order valence-electron chi connectivity index (χ3n) is 10.4. The summed E-state index contributed by atoms with van der Waals surface area (Å²) < 4.78 is 18.8. The Kier molecular flexibility index (Phi) is 14.2. The first kappa shape index (κ1) is 39.1. The molecule has 54 heavy (non-hydrogen) atoms. The van der Waals surface area contributed by atoms with Crippen LogP contribution in [0, 0.1) is 0 Å². The molecule has 2 aliphatic rings. The van der Waals surface area contributed by atoms with Gasteiger partial charge < -0.3 is 35.7 Å². The summed E-state index contributed by atoms with van der Waals surface area (Å²) >= 11 is 0. The highest BCUT2D eigenvalue weighted by Crippen LogP contribution is 2.39. The van der Waals surface area contributed by atoms with Crippen LogP contribution in [0.4, 0.5) is 11.4 Å². The Morgan fingerprint density at radius 3 is 2.35 bits per heavy atom. The van der Waals surface area contributed by atoms with Crippen molar-refractivity contribution in [3.05, 3.63) is 119 Å². The summed E-state index contributed by atoms with van der Waals surface area (Å²) in [7, 11) is 1.77. The zero-order valence-corrected chi connectivity index (χ0v) is 31.3. The Bertz CT molecular complexity index is 1800. The number of nitrogen functional groups attached to an aromatic ring is 1. The van der Waals surface area contributed by atoms with Crippen LogP contribution in [-0.2, 0) is 37.0 Å². The summed E-state index contributed by atoms with van der Waals surface area (Å²) in [5, 5.41) is 15.5. The SMILES string of the molecule is COC[C@@H]1CCCN1C[C@@H]1C[C@H](c2ccc(CO)cc2)O[C@H](c2ccc(-c3ccccc3CNC(=O)CCCCCC(=O)Nc3ccccc3N)cc2)O1. The van der Waals surface area contributed by atoms with Crippen LogP contribution in [-0.4, -0.2) is 60.8 Å². The molecule has 0 aromatic heterocycles. The van der Waals surface area contributed by atoms with E-state index >= 15 is 0 Å². The van der Waals surface area contributed by atoms with Crippen LogP contribution in [0.5, 0.6) is 0 Å². The van der Waals surface area contributed by atoms with E-state index in [4.69, 9.17) is 19.9 Å². The molecule has 4 aromatic rings. The van der Waals surface area contributed by atoms with Gasteiger partial charge in [-0.1, -0.05) is 91.3 Å². The monoisotopic (exact) mass is 734 g/mol. The van der Waals surface area contributed by atoms with Crippen molar-refractivity contribution in [3.8, 4) is 11.1 Å². The van der Waals surface area contributed by atoms with Crippen molar-refractivity contribution in [1.29, 1.82) is 0 Å². The lowest BCUT2D eigenvalue weighted by Crippen LogP contribution is -2.42. The average Bonchev–Trinajstić information content (AvgIpc) is 3.64. The first-order valence-corrected chi connectivity index (χ1v) is 19.2. The molecule has 0 aliphatic carbocycles. The fourth-order valence-corrected chi connectivity index (χ4v) is 7.44. The molecule has 4 atom stereocenters. The molecule has 2 amide bonds. The minimum absolute atomic E-state index is 0.00736. The number of anilines is 2. The zero-order valence-electron chi connectivity index (χ0n) is 31.3. The molecule has 10 nitrogen and oxygen atoms in total. The second kappa shape index (κ2) is 19.7. The van der Waals surface area contributed by atoms with Gasteiger partial charge in [-0.05, 0) is 72.2 Å². The van der Waals surface area contributed by atoms with Crippen LogP contribution in [0.25, 0.3) is 11.1 Å². The van der Waals surface area contributed by atoms with E-state index in [0.29, 0.717) is 49.6 Å². The van der Waals surface area contributed by atoms with Crippen molar-refractivity contribution in [1.82, 2.24) is 10.2 Å². The Labute approximate surface area is 319 Å². The number of unbranched alkanes of at least 4 members (excludes halogenated alkanes) is 2. The topological polar surface area (TPSA) is 135 Å². The van der Waals surface area contributed by atoms with Gasteiger partial charge in [0.05, 0.1) is 36.8 Å². The number of rotatable bonds is 17. The zero-order chi connectivity index (χ0) is 37.7. The highest BCUT2D eigenvalue weighted by Gasteiger charge is 2.35. The molecule has 2 aliphatic heterocycles. The van der Waals surface area contributed by atoms with Gasteiger partial charge in [-0.2, -0.15) is 0 Å². The van der Waals surface area contributed by atoms with Crippen molar-refractivity contribution in [2.24, 2.45) is 0 Å². The quantitative estimate of drug-likeness (QED) is 0.0657. The normalized spacial score (nSPS) is 20.1. The van der Waals surface area contributed by atoms with E-state index in [-0.39, 0.29) is 30.6 Å². The molecule has 0 spiro atoms. The minimum atomic E-state index is -0.532. The highest BCUT2D eigenvalue weighted by atomic mass is 16.7. The fourth-order valence-electron chi connectivity index (χ4n) is 7.44. The molecule has 5 N–H and O–H groups in total. The van der Waals surface area contributed by atoms with E-state index < -0.39 is 6.29 Å². The Hall–Kier alpha value is -4.58. The number of methoxy groups -OCH3 is 1. The van der Waals surface area contributed by atoms with Crippen LogP contribution in [0.3, 0.4) is 0 Å². The number of aliphatic hydroxyl groups excluding tert-OH is 1. The van der Waals surface area contributed by atoms with Gasteiger partial charge in [-0.25, -0.2) is 0 Å². The average molecular weight is 735 g/mol. The minimum Gasteiger partial charge on any atom is -0.397 e. The maximum atomic E-state index is 12.8. The number of aliphatic hydroxyl groups is 1. The number of carbonyl (C=O) groups is 2. The van der Waals surface area contributed by atoms with Crippen LogP contribution in [0.15, 0.2) is 97.1 Å². The van der Waals surface area contributed by atoms with Crippen molar-refractivity contribution in [3.63, 3.8) is 0 Å². The van der Waals surface area contributed by atoms with Crippen LogP contribution >= 0.6 is 0 Å². The van der Waals surface area contributed by atoms with Gasteiger partial charge in [0.2, 0.25) is 11.8 Å². The largest absolute Gasteiger partial charge is 0.397 e. The molecule has 2 heterocycles. The summed E-state index contributed by atoms with van der Waals surface area (Å²) in [6, 6.07) is 32.0. The molecule has 6 rings (SSSR count). The Morgan fingerprint density at radius 1 is 0.870 bits per heavy atom. The standard InChI is InChI=1S/C44H54N4O6/c1-52-30-36-11-9-25-48(36)28-37-26-41(33-19-17-31(29-49)18-20-33)54-44(53-37)34-23-21-32(22-24-34)38-12-6-5-10-35(38)27-46-42(50)15-3-2-4-16-43(51)47-40-14-8-7-13-39(40)45/h5-8,10,12-14,17-24,36-37,41,44,49H,2-4,9,11,15-16,25-30,45H2,1H3,(H,46,50)(H,47,51)/t36-,37-,41+,44+/m0/s1. The number of benzene rings is 4. The van der Waals surface area contributed by atoms with E-state index in [2.05, 4.69) is 45.9 Å². The number of ether oxygens (including phenoxy) is 3. The number of likely N-dealkylation sites (tertiary alicyclic amines) is 1. The molecule has 4 aromatic carbocycles. The number of nitrogens with one attached hydrogen (secondary N) is 2. The maximum absolute atomic E-state index is 12.8. The van der Waals surface area contributed by atoms with E-state index in [9.17, 15) is 14.7 Å². The highest BCUT2D eigenvalue weighted by molar-refractivity contribution is 5.93. The van der Waals surface area contributed by atoms with Crippen molar-refractivity contribution in [2.45, 2.75) is 89.1 Å². The van der Waals surface area contributed by atoms with Gasteiger partial charge in [0, 0.05) is 51.1 Å². The first-order chi connectivity index (χ1) is 26.4. The summed E-state index contributed by atoms with van der Waals surface area (Å²) in [5.41, 5.74) is 13.1. The van der Waals surface area contributed by atoms with Crippen molar-refractivity contribution < 1.29 is 28.9 Å². The molecule has 0 radical (unpaired) electrons. The number of hydrogen-bond donors (Lipinski definition) is 4. The first-order valence-electron chi connectivity index (χ1n) is 19.2. The molecular formula is C44H54N4O6. The molecule has 2 fully saturated rings. The van der Waals surface area contributed by atoms with Crippen LogP contribution < -0.4 is 16.4 Å². The lowest BCUT2D eigenvalue weighted by atomic mass is 9.97. The van der Waals surface area contributed by atoms with Crippen molar-refractivity contribution >= 4 is 23.2 Å². The second-order valence-electron chi connectivity index (χ2n) is 14.3. The summed E-state index contributed by atoms with van der Waals surface area (Å²) in [5.74, 6) is -0.0842. The molecule has 0 unspecified atom stereocenters. The van der Waals surface area contributed by atoms with Gasteiger partial charge in [0.1, 0.15) is 0 Å². The second-order valence-corrected chi connectivity index (χ2v) is 14.3. The lowest BCUT2D eigenvalue weighted by Gasteiger charge is -2.38. The third-order valence-corrected chi connectivity index (χ3v) is 10.4. The Balaban J connectivity index is 1.03. The summed E-state index contributed by atoms with van der Waals surface area (Å²) in [6.45, 7) is 3.01. The number of para-hydroxylation sites is 2. The number of carbonyl (C=O) groups excluding carboxylic acids is 2. The number of nitrogens with zero attached hydrogens (tertiary/aromatic N) is 1.